The summed E-state index contributed by atoms with van der Waals surface area (Å²) >= 11 is 0. The first-order chi connectivity index (χ1) is 20.8. The van der Waals surface area contributed by atoms with Crippen molar-refractivity contribution in [3.05, 3.63) is 101 Å². The molecule has 7 rings (SSSR count). The average Bonchev–Trinajstić information content (AvgIpc) is 3.60. The SMILES string of the molecule is O=C1CCCCN1c1ccc(N2CCc3c(C(F)(F)F)nn(-c4ccc5c(c4)N(Cc4ccccc4)CC5)c3C2=O)cc1. The van der Waals surface area contributed by atoms with Gasteiger partial charge in [-0.15, -0.1) is 0 Å². The van der Waals surface area contributed by atoms with E-state index in [2.05, 4.69) is 10.00 Å². The van der Waals surface area contributed by atoms with Crippen molar-refractivity contribution < 1.29 is 22.8 Å². The van der Waals surface area contributed by atoms with Crippen molar-refractivity contribution >= 4 is 28.9 Å². The number of benzene rings is 3. The first kappa shape index (κ1) is 27.2. The van der Waals surface area contributed by atoms with Crippen molar-refractivity contribution in [2.45, 2.75) is 44.8 Å². The van der Waals surface area contributed by atoms with Crippen LogP contribution in [-0.4, -0.2) is 41.2 Å². The number of piperidine rings is 1. The van der Waals surface area contributed by atoms with E-state index in [-0.39, 0.29) is 30.1 Å². The molecule has 0 spiro atoms. The lowest BCUT2D eigenvalue weighted by molar-refractivity contribution is -0.142. The Morgan fingerprint density at radius 2 is 1.47 bits per heavy atom. The van der Waals surface area contributed by atoms with Crippen molar-refractivity contribution in [3.63, 3.8) is 0 Å². The largest absolute Gasteiger partial charge is 0.435 e. The molecular weight excluding hydrogens is 555 g/mol. The van der Waals surface area contributed by atoms with Crippen molar-refractivity contribution in [2.75, 3.05) is 34.3 Å². The predicted molar refractivity (Wildman–Crippen MR) is 158 cm³/mol. The second-order valence-corrected chi connectivity index (χ2v) is 11.3. The summed E-state index contributed by atoms with van der Waals surface area (Å²) in [4.78, 5) is 31.8. The van der Waals surface area contributed by atoms with Gasteiger partial charge < -0.3 is 14.7 Å². The van der Waals surface area contributed by atoms with Crippen molar-refractivity contribution in [3.8, 4) is 5.69 Å². The van der Waals surface area contributed by atoms with E-state index in [1.807, 2.05) is 42.5 Å². The van der Waals surface area contributed by atoms with Crippen LogP contribution in [0.3, 0.4) is 0 Å². The second kappa shape index (κ2) is 10.6. The van der Waals surface area contributed by atoms with Gasteiger partial charge >= 0.3 is 6.18 Å². The van der Waals surface area contributed by atoms with Crippen LogP contribution in [0, 0.1) is 0 Å². The number of hydrogen-bond donors (Lipinski definition) is 0. The van der Waals surface area contributed by atoms with E-state index >= 15 is 0 Å². The number of amides is 2. The minimum atomic E-state index is -4.70. The highest BCUT2D eigenvalue weighted by molar-refractivity contribution is 6.08. The zero-order valence-electron chi connectivity index (χ0n) is 23.5. The van der Waals surface area contributed by atoms with E-state index in [9.17, 15) is 22.8 Å². The first-order valence-electron chi connectivity index (χ1n) is 14.6. The molecule has 0 bridgehead atoms. The third-order valence-electron chi connectivity index (χ3n) is 8.60. The molecule has 0 aliphatic carbocycles. The van der Waals surface area contributed by atoms with Gasteiger partial charge in [0, 0.05) is 55.2 Å². The van der Waals surface area contributed by atoms with E-state index < -0.39 is 17.8 Å². The molecule has 0 unspecified atom stereocenters. The highest BCUT2D eigenvalue weighted by Gasteiger charge is 2.43. The van der Waals surface area contributed by atoms with Crippen LogP contribution in [0.5, 0.6) is 0 Å². The summed E-state index contributed by atoms with van der Waals surface area (Å²) in [6, 6.07) is 22.6. The van der Waals surface area contributed by atoms with Crippen LogP contribution in [0.4, 0.5) is 30.2 Å². The lowest BCUT2D eigenvalue weighted by Crippen LogP contribution is -2.39. The van der Waals surface area contributed by atoms with E-state index in [0.717, 1.165) is 48.3 Å². The molecule has 2 amide bonds. The normalized spacial score (nSPS) is 17.0. The Bertz CT molecular complexity index is 1700. The monoisotopic (exact) mass is 585 g/mol. The summed E-state index contributed by atoms with van der Waals surface area (Å²) in [5.41, 5.74) is 3.74. The van der Waals surface area contributed by atoms with E-state index in [1.165, 1.54) is 9.58 Å². The number of anilines is 3. The summed E-state index contributed by atoms with van der Waals surface area (Å²) in [5, 5.41) is 4.01. The van der Waals surface area contributed by atoms with Gasteiger partial charge in [-0.05, 0) is 73.2 Å². The van der Waals surface area contributed by atoms with Gasteiger partial charge in [0.2, 0.25) is 5.91 Å². The Morgan fingerprint density at radius 1 is 0.744 bits per heavy atom. The molecule has 4 aromatic rings. The Morgan fingerprint density at radius 3 is 2.19 bits per heavy atom. The van der Waals surface area contributed by atoms with Crippen LogP contribution in [0.1, 0.15) is 52.1 Å². The van der Waals surface area contributed by atoms with Crippen LogP contribution in [-0.2, 0) is 30.4 Å². The molecule has 4 heterocycles. The van der Waals surface area contributed by atoms with Gasteiger partial charge in [0.05, 0.1) is 5.69 Å². The van der Waals surface area contributed by atoms with Crippen LogP contribution >= 0.6 is 0 Å². The van der Waals surface area contributed by atoms with E-state index in [1.54, 1.807) is 35.2 Å². The number of rotatable bonds is 5. The molecule has 0 atom stereocenters. The molecule has 10 heteroatoms. The third-order valence-corrected chi connectivity index (χ3v) is 8.60. The number of fused-ring (bicyclic) bond motifs is 2. The van der Waals surface area contributed by atoms with Crippen LogP contribution < -0.4 is 14.7 Å². The fourth-order valence-corrected chi connectivity index (χ4v) is 6.45. The highest BCUT2D eigenvalue weighted by atomic mass is 19.4. The fraction of sp³-hybridized carbons (Fsp3) is 0.303. The smallest absolute Gasteiger partial charge is 0.367 e. The van der Waals surface area contributed by atoms with Gasteiger partial charge in [0.25, 0.3) is 5.91 Å². The molecule has 3 aliphatic heterocycles. The Kier molecular flexibility index (Phi) is 6.71. The minimum Gasteiger partial charge on any atom is -0.367 e. The van der Waals surface area contributed by atoms with Gasteiger partial charge in [0.1, 0.15) is 5.69 Å². The molecular formula is C33H30F3N5O2. The average molecular weight is 586 g/mol. The molecule has 0 saturated carbocycles. The molecule has 0 radical (unpaired) electrons. The molecule has 3 aliphatic rings. The lowest BCUT2D eigenvalue weighted by Gasteiger charge is -2.30. The molecule has 7 nitrogen and oxygen atoms in total. The predicted octanol–water partition coefficient (Wildman–Crippen LogP) is 6.17. The van der Waals surface area contributed by atoms with E-state index in [0.29, 0.717) is 30.9 Å². The van der Waals surface area contributed by atoms with Crippen LogP contribution in [0.15, 0.2) is 72.8 Å². The third kappa shape index (κ3) is 4.94. The minimum absolute atomic E-state index is 0.0212. The van der Waals surface area contributed by atoms with Gasteiger partial charge in [0.15, 0.2) is 5.69 Å². The van der Waals surface area contributed by atoms with Crippen molar-refractivity contribution in [1.82, 2.24) is 9.78 Å². The molecule has 3 aromatic carbocycles. The Hall–Kier alpha value is -4.60. The second-order valence-electron chi connectivity index (χ2n) is 11.3. The molecule has 220 valence electrons. The van der Waals surface area contributed by atoms with Gasteiger partial charge in [-0.3, -0.25) is 9.59 Å². The summed E-state index contributed by atoms with van der Waals surface area (Å²) in [6.07, 6.45) is -1.53. The quantitative estimate of drug-likeness (QED) is 0.281. The maximum Gasteiger partial charge on any atom is 0.435 e. The maximum absolute atomic E-state index is 14.2. The van der Waals surface area contributed by atoms with Crippen LogP contribution in [0.2, 0.25) is 0 Å². The van der Waals surface area contributed by atoms with Gasteiger partial charge in [-0.2, -0.15) is 18.3 Å². The molecule has 1 aromatic heterocycles. The summed E-state index contributed by atoms with van der Waals surface area (Å²) in [7, 11) is 0. The lowest BCUT2D eigenvalue weighted by atomic mass is 10.0. The standard InChI is InChI=1S/C33H30F3N5O2/c34-33(35,36)31-27-16-19-40(25-13-11-24(12-14-25)39-17-5-4-8-29(39)42)32(43)30(27)41(37-31)26-10-9-23-15-18-38(28(23)20-26)21-22-6-2-1-3-7-22/h1-3,6-7,9-14,20H,4-5,8,15-19,21H2. The fourth-order valence-electron chi connectivity index (χ4n) is 6.45. The van der Waals surface area contributed by atoms with Crippen molar-refractivity contribution in [2.24, 2.45) is 0 Å². The summed E-state index contributed by atoms with van der Waals surface area (Å²) in [6.45, 7) is 2.21. The number of alkyl halides is 3. The van der Waals surface area contributed by atoms with Crippen LogP contribution in [0.25, 0.3) is 5.69 Å². The number of carbonyl (C=O) groups excluding carboxylic acids is 2. The highest BCUT2D eigenvalue weighted by Crippen LogP contribution is 2.39. The number of aromatic nitrogens is 2. The van der Waals surface area contributed by atoms with Gasteiger partial charge in [-0.1, -0.05) is 36.4 Å². The van der Waals surface area contributed by atoms with Crippen molar-refractivity contribution in [1.29, 1.82) is 0 Å². The number of halogens is 3. The van der Waals surface area contributed by atoms with E-state index in [4.69, 9.17) is 0 Å². The van der Waals surface area contributed by atoms with Gasteiger partial charge in [-0.25, -0.2) is 4.68 Å². The summed E-state index contributed by atoms with van der Waals surface area (Å²) in [5.74, 6) is -0.467. The number of carbonyl (C=O) groups is 2. The zero-order chi connectivity index (χ0) is 29.7. The Balaban J connectivity index is 1.23. The molecule has 43 heavy (non-hydrogen) atoms. The maximum atomic E-state index is 14.2. The summed E-state index contributed by atoms with van der Waals surface area (Å²) < 4.78 is 43.7. The molecule has 1 saturated heterocycles. The first-order valence-corrected chi connectivity index (χ1v) is 14.6. The Labute approximate surface area is 247 Å². The molecule has 1 fully saturated rings. The zero-order valence-corrected chi connectivity index (χ0v) is 23.5. The topological polar surface area (TPSA) is 61.7 Å². The molecule has 0 N–H and O–H groups in total. The number of hydrogen-bond acceptors (Lipinski definition) is 4. The number of nitrogens with zero attached hydrogens (tertiary/aromatic N) is 5.